The van der Waals surface area contributed by atoms with Crippen molar-refractivity contribution in [3.63, 3.8) is 0 Å². The maximum Gasteiger partial charge on any atom is 0.271 e. The van der Waals surface area contributed by atoms with Gasteiger partial charge in [0.05, 0.1) is 12.4 Å². The van der Waals surface area contributed by atoms with Crippen molar-refractivity contribution < 1.29 is 4.79 Å². The summed E-state index contributed by atoms with van der Waals surface area (Å²) in [5, 5.41) is 5.65. The Morgan fingerprint density at radius 1 is 1.38 bits per heavy atom. The summed E-state index contributed by atoms with van der Waals surface area (Å²) < 4.78 is 0. The first-order valence-corrected chi connectivity index (χ1v) is 5.41. The molecule has 2 N–H and O–H groups in total. The quantitative estimate of drug-likeness (QED) is 0.788. The van der Waals surface area contributed by atoms with E-state index in [1.807, 2.05) is 0 Å². The number of hydrogen-bond acceptors (Lipinski definition) is 4. The van der Waals surface area contributed by atoms with Crippen molar-refractivity contribution in [3.05, 3.63) is 18.1 Å². The molecule has 5 heteroatoms. The van der Waals surface area contributed by atoms with Crippen LogP contribution in [0.3, 0.4) is 0 Å². The zero-order valence-corrected chi connectivity index (χ0v) is 9.95. The molecular weight excluding hydrogens is 204 g/mol. The molecule has 0 spiro atoms. The Labute approximate surface area is 95.7 Å². The number of hydrogen-bond donors (Lipinski definition) is 2. The molecule has 1 aromatic rings. The first kappa shape index (κ1) is 12.4. The summed E-state index contributed by atoms with van der Waals surface area (Å²) in [6, 6.07) is 0. The van der Waals surface area contributed by atoms with Crippen molar-refractivity contribution in [1.82, 2.24) is 15.3 Å². The monoisotopic (exact) mass is 222 g/mol. The first-order chi connectivity index (χ1) is 7.63. The second-order valence-electron chi connectivity index (χ2n) is 3.98. The Kier molecular flexibility index (Phi) is 4.69. The summed E-state index contributed by atoms with van der Waals surface area (Å²) in [7, 11) is 1.57. The number of aromatic nitrogens is 2. The number of carbonyl (C=O) groups is 1. The molecule has 88 valence electrons. The van der Waals surface area contributed by atoms with Crippen LogP contribution in [0.25, 0.3) is 0 Å². The Morgan fingerprint density at radius 2 is 2.12 bits per heavy atom. The van der Waals surface area contributed by atoms with Crippen LogP contribution in [-0.4, -0.2) is 29.5 Å². The zero-order chi connectivity index (χ0) is 12.0. The maximum absolute atomic E-state index is 11.2. The molecule has 0 unspecified atom stereocenters. The number of nitrogens with zero attached hydrogens (tertiary/aromatic N) is 2. The number of rotatable bonds is 5. The van der Waals surface area contributed by atoms with E-state index in [4.69, 9.17) is 0 Å². The molecule has 16 heavy (non-hydrogen) atoms. The minimum Gasteiger partial charge on any atom is -0.369 e. The van der Waals surface area contributed by atoms with E-state index in [0.717, 1.165) is 13.0 Å². The largest absolute Gasteiger partial charge is 0.369 e. The second-order valence-corrected chi connectivity index (χ2v) is 3.98. The molecule has 0 saturated heterocycles. The Bertz CT molecular complexity index is 334. The van der Waals surface area contributed by atoms with Gasteiger partial charge in [-0.15, -0.1) is 0 Å². The van der Waals surface area contributed by atoms with Gasteiger partial charge in [-0.1, -0.05) is 13.8 Å². The average Bonchev–Trinajstić information content (AvgIpc) is 2.28. The number of anilines is 1. The SMILES string of the molecule is CNC(=O)c1cnc(NCCC(C)C)cn1. The standard InChI is InChI=1S/C11H18N4O/c1-8(2)4-5-13-10-7-14-9(6-15-10)11(16)12-3/h6-8H,4-5H2,1-3H3,(H,12,16)(H,13,15). The normalized spacial score (nSPS) is 10.2. The van der Waals surface area contributed by atoms with Gasteiger partial charge in [0.2, 0.25) is 0 Å². The molecule has 1 amide bonds. The molecule has 0 fully saturated rings. The fourth-order valence-electron chi connectivity index (χ4n) is 1.15. The van der Waals surface area contributed by atoms with Crippen molar-refractivity contribution >= 4 is 11.7 Å². The Balaban J connectivity index is 2.48. The molecule has 0 saturated carbocycles. The topological polar surface area (TPSA) is 66.9 Å². The van der Waals surface area contributed by atoms with Crippen LogP contribution in [0.1, 0.15) is 30.8 Å². The van der Waals surface area contributed by atoms with Crippen molar-refractivity contribution in [2.75, 3.05) is 18.9 Å². The van der Waals surface area contributed by atoms with Gasteiger partial charge >= 0.3 is 0 Å². The molecule has 0 bridgehead atoms. The van der Waals surface area contributed by atoms with Crippen LogP contribution in [0, 0.1) is 5.92 Å². The molecule has 0 aliphatic heterocycles. The highest BCUT2D eigenvalue weighted by Crippen LogP contribution is 2.03. The lowest BCUT2D eigenvalue weighted by atomic mass is 10.1. The van der Waals surface area contributed by atoms with E-state index in [9.17, 15) is 4.79 Å². The van der Waals surface area contributed by atoms with Gasteiger partial charge in [0.1, 0.15) is 11.5 Å². The van der Waals surface area contributed by atoms with E-state index in [1.54, 1.807) is 13.2 Å². The van der Waals surface area contributed by atoms with Crippen LogP contribution in [-0.2, 0) is 0 Å². The summed E-state index contributed by atoms with van der Waals surface area (Å²) in [6.07, 6.45) is 4.13. The third-order valence-corrected chi connectivity index (χ3v) is 2.14. The van der Waals surface area contributed by atoms with Crippen molar-refractivity contribution in [3.8, 4) is 0 Å². The molecule has 0 radical (unpaired) electrons. The Morgan fingerprint density at radius 3 is 2.62 bits per heavy atom. The van der Waals surface area contributed by atoms with Gasteiger partial charge < -0.3 is 10.6 Å². The van der Waals surface area contributed by atoms with Crippen LogP contribution in [0.4, 0.5) is 5.82 Å². The minimum atomic E-state index is -0.221. The number of nitrogens with one attached hydrogen (secondary N) is 2. The Hall–Kier alpha value is -1.65. The molecule has 5 nitrogen and oxygen atoms in total. The van der Waals surface area contributed by atoms with Crippen LogP contribution in [0.2, 0.25) is 0 Å². The summed E-state index contributed by atoms with van der Waals surface area (Å²) >= 11 is 0. The third kappa shape index (κ3) is 3.84. The van der Waals surface area contributed by atoms with Crippen LogP contribution in [0.5, 0.6) is 0 Å². The molecule has 1 heterocycles. The lowest BCUT2D eigenvalue weighted by Crippen LogP contribution is -2.19. The van der Waals surface area contributed by atoms with Gasteiger partial charge in [-0.05, 0) is 12.3 Å². The van der Waals surface area contributed by atoms with E-state index in [1.165, 1.54) is 6.20 Å². The fourth-order valence-corrected chi connectivity index (χ4v) is 1.15. The van der Waals surface area contributed by atoms with Gasteiger partial charge in [0, 0.05) is 13.6 Å². The van der Waals surface area contributed by atoms with E-state index in [-0.39, 0.29) is 5.91 Å². The van der Waals surface area contributed by atoms with E-state index < -0.39 is 0 Å². The molecule has 1 rings (SSSR count). The lowest BCUT2D eigenvalue weighted by molar-refractivity contribution is 0.0958. The van der Waals surface area contributed by atoms with Crippen molar-refractivity contribution in [2.45, 2.75) is 20.3 Å². The van der Waals surface area contributed by atoms with Gasteiger partial charge in [0.15, 0.2) is 0 Å². The van der Waals surface area contributed by atoms with Crippen molar-refractivity contribution in [2.24, 2.45) is 5.92 Å². The van der Waals surface area contributed by atoms with Gasteiger partial charge in [-0.25, -0.2) is 9.97 Å². The van der Waals surface area contributed by atoms with Gasteiger partial charge in [-0.3, -0.25) is 4.79 Å². The lowest BCUT2D eigenvalue weighted by Gasteiger charge is -2.07. The molecule has 0 atom stereocenters. The summed E-state index contributed by atoms with van der Waals surface area (Å²) in [5.41, 5.74) is 0.330. The maximum atomic E-state index is 11.2. The number of carbonyl (C=O) groups excluding carboxylic acids is 1. The van der Waals surface area contributed by atoms with Crippen LogP contribution < -0.4 is 10.6 Å². The average molecular weight is 222 g/mol. The predicted octanol–water partition coefficient (Wildman–Crippen LogP) is 1.29. The van der Waals surface area contributed by atoms with E-state index in [2.05, 4.69) is 34.4 Å². The smallest absolute Gasteiger partial charge is 0.271 e. The highest BCUT2D eigenvalue weighted by Gasteiger charge is 2.04. The van der Waals surface area contributed by atoms with Crippen LogP contribution >= 0.6 is 0 Å². The molecule has 0 aromatic carbocycles. The van der Waals surface area contributed by atoms with Crippen molar-refractivity contribution in [1.29, 1.82) is 0 Å². The highest BCUT2D eigenvalue weighted by molar-refractivity contribution is 5.91. The summed E-state index contributed by atoms with van der Waals surface area (Å²) in [5.74, 6) is 1.14. The minimum absolute atomic E-state index is 0.221. The molecule has 0 aliphatic carbocycles. The first-order valence-electron chi connectivity index (χ1n) is 5.41. The summed E-state index contributed by atoms with van der Waals surface area (Å²) in [6.45, 7) is 5.20. The fraction of sp³-hybridized carbons (Fsp3) is 0.545. The molecular formula is C11H18N4O. The predicted molar refractivity (Wildman–Crippen MR) is 63.4 cm³/mol. The highest BCUT2D eigenvalue weighted by atomic mass is 16.1. The van der Waals surface area contributed by atoms with Gasteiger partial charge in [-0.2, -0.15) is 0 Å². The second kappa shape index (κ2) is 6.05. The van der Waals surface area contributed by atoms with E-state index in [0.29, 0.717) is 17.4 Å². The zero-order valence-electron chi connectivity index (χ0n) is 9.95. The molecule has 0 aliphatic rings. The number of amides is 1. The summed E-state index contributed by atoms with van der Waals surface area (Å²) in [4.78, 5) is 19.3. The molecule has 1 aromatic heterocycles. The van der Waals surface area contributed by atoms with Gasteiger partial charge in [0.25, 0.3) is 5.91 Å². The third-order valence-electron chi connectivity index (χ3n) is 2.14. The van der Waals surface area contributed by atoms with E-state index >= 15 is 0 Å². The van der Waals surface area contributed by atoms with Crippen LogP contribution in [0.15, 0.2) is 12.4 Å².